The molecule has 7 unspecified atom stereocenters. The van der Waals surface area contributed by atoms with E-state index >= 15 is 0 Å². The molecule has 0 aliphatic heterocycles. The Bertz CT molecular complexity index is 548. The largest absolute Gasteiger partial charge is 0.483 e. The van der Waals surface area contributed by atoms with E-state index in [9.17, 15) is 10.2 Å². The second-order valence-corrected chi connectivity index (χ2v) is 10.8. The minimum absolute atomic E-state index is 0. The van der Waals surface area contributed by atoms with Gasteiger partial charge in [-0.3, -0.25) is 4.79 Å². The Hall–Kier alpha value is -0.610. The van der Waals surface area contributed by atoms with E-state index in [1.54, 1.807) is 0 Å². The highest BCUT2D eigenvalue weighted by molar-refractivity contribution is 5.32. The Morgan fingerprint density at radius 3 is 2.16 bits per heavy atom. The number of unbranched alkanes of at least 4 members (excludes halogenated alkanes) is 1. The van der Waals surface area contributed by atoms with Crippen molar-refractivity contribution in [1.82, 2.24) is 0 Å². The summed E-state index contributed by atoms with van der Waals surface area (Å²) in [7, 11) is 0. The topological polar surface area (TPSA) is 77.8 Å². The molecule has 0 spiro atoms. The normalized spacial score (nSPS) is 40.8. The second kappa shape index (κ2) is 12.7. The molecule has 0 aromatic heterocycles. The number of hydrogen-bond donors (Lipinski definition) is 3. The average molecular weight is 457 g/mol. The maximum atomic E-state index is 11.1. The lowest BCUT2D eigenvalue weighted by molar-refractivity contribution is -0.240. The van der Waals surface area contributed by atoms with Crippen LogP contribution in [-0.2, 0) is 4.79 Å². The van der Waals surface area contributed by atoms with Crippen molar-refractivity contribution in [3.05, 3.63) is 0 Å². The quantitative estimate of drug-likeness (QED) is 0.303. The maximum absolute atomic E-state index is 11.1. The Kier molecular flexibility index (Phi) is 12.5. The fourth-order valence-corrected chi connectivity index (χ4v) is 8.46. The van der Waals surface area contributed by atoms with Gasteiger partial charge >= 0.3 is 0 Å². The molecule has 0 heterocycles. The standard InChI is InChI=1S/C23H40O2.C2H6.CH2O2.2CH4/c1-4-5-8-17-15-23(24,25)20-18-11-10-16-9-6-7-13-21(16,2)19(18)12-14-22(17,20)3;1-2;2-1-3;;/h16-20,24-25H,4-15H2,1-3H3;1-2H3;1H,(H,2,3);2*1H4. The van der Waals surface area contributed by atoms with Crippen LogP contribution in [0, 0.1) is 40.4 Å². The third kappa shape index (κ3) is 5.54. The number of carboxylic acid groups (broad SMARTS) is 1. The summed E-state index contributed by atoms with van der Waals surface area (Å²) in [4.78, 5) is 8.36. The minimum atomic E-state index is -1.42. The van der Waals surface area contributed by atoms with Crippen molar-refractivity contribution in [3.8, 4) is 0 Å². The molecule has 4 aliphatic rings. The molecule has 0 aromatic rings. The number of carbonyl (C=O) groups is 1. The molecule has 0 aromatic carbocycles. The average Bonchev–Trinajstić information content (AvgIpc) is 2.93. The molecule has 4 aliphatic carbocycles. The van der Waals surface area contributed by atoms with Crippen molar-refractivity contribution >= 4 is 6.47 Å². The first kappa shape index (κ1) is 31.4. The van der Waals surface area contributed by atoms with Gasteiger partial charge in [-0.15, -0.1) is 0 Å². The van der Waals surface area contributed by atoms with Crippen LogP contribution in [0.25, 0.3) is 0 Å². The Morgan fingerprint density at radius 2 is 1.56 bits per heavy atom. The zero-order chi connectivity index (χ0) is 22.6. The lowest BCUT2D eigenvalue weighted by Crippen LogP contribution is -2.56. The third-order valence-electron chi connectivity index (χ3n) is 9.68. The van der Waals surface area contributed by atoms with Crippen molar-refractivity contribution in [2.75, 3.05) is 0 Å². The molecule has 4 saturated carbocycles. The summed E-state index contributed by atoms with van der Waals surface area (Å²) in [5.74, 6) is 1.36. The van der Waals surface area contributed by atoms with E-state index in [0.29, 0.717) is 23.7 Å². The van der Waals surface area contributed by atoms with Gasteiger partial charge in [-0.25, -0.2) is 0 Å². The molecule has 192 valence electrons. The van der Waals surface area contributed by atoms with E-state index in [2.05, 4.69) is 20.8 Å². The van der Waals surface area contributed by atoms with Crippen molar-refractivity contribution in [3.63, 3.8) is 0 Å². The zero-order valence-electron chi connectivity index (χ0n) is 20.2. The summed E-state index contributed by atoms with van der Waals surface area (Å²) in [6.07, 6.45) is 15.0. The van der Waals surface area contributed by atoms with Crippen LogP contribution in [0.4, 0.5) is 0 Å². The number of aliphatic hydroxyl groups is 2. The SMILES string of the molecule is C.C.CC.CCCCC1CC(O)(O)C2C3CCC4CCCCC4(C)C3CCC12C.O=CO. The third-order valence-corrected chi connectivity index (χ3v) is 9.68. The Balaban J connectivity index is 0.00000127. The van der Waals surface area contributed by atoms with Gasteiger partial charge < -0.3 is 15.3 Å². The van der Waals surface area contributed by atoms with Crippen LogP contribution in [0.3, 0.4) is 0 Å². The first-order valence-electron chi connectivity index (χ1n) is 12.8. The highest BCUT2D eigenvalue weighted by Crippen LogP contribution is 2.69. The van der Waals surface area contributed by atoms with Crippen LogP contribution in [0.15, 0.2) is 0 Å². The fourth-order valence-electron chi connectivity index (χ4n) is 8.46. The highest BCUT2D eigenvalue weighted by atomic mass is 16.5. The van der Waals surface area contributed by atoms with Crippen LogP contribution < -0.4 is 0 Å². The number of rotatable bonds is 3. The predicted molar refractivity (Wildman–Crippen MR) is 135 cm³/mol. The molecule has 4 fully saturated rings. The highest BCUT2D eigenvalue weighted by Gasteiger charge is 2.66. The summed E-state index contributed by atoms with van der Waals surface area (Å²) in [5, 5.41) is 29.1. The Morgan fingerprint density at radius 1 is 0.938 bits per heavy atom. The molecule has 0 bridgehead atoms. The van der Waals surface area contributed by atoms with Crippen LogP contribution in [0.5, 0.6) is 0 Å². The van der Waals surface area contributed by atoms with Gasteiger partial charge in [0.05, 0.1) is 0 Å². The van der Waals surface area contributed by atoms with Crippen LogP contribution in [0.1, 0.15) is 127 Å². The summed E-state index contributed by atoms with van der Waals surface area (Å²) in [6.45, 7) is 11.0. The van der Waals surface area contributed by atoms with Crippen molar-refractivity contribution in [1.29, 1.82) is 0 Å². The van der Waals surface area contributed by atoms with E-state index in [-0.39, 0.29) is 32.7 Å². The monoisotopic (exact) mass is 456 g/mol. The molecule has 4 rings (SSSR count). The molecule has 0 radical (unpaired) electrons. The van der Waals surface area contributed by atoms with Gasteiger partial charge in [0.15, 0.2) is 5.79 Å². The van der Waals surface area contributed by atoms with Crippen LogP contribution in [-0.4, -0.2) is 27.6 Å². The number of hydrogen-bond acceptors (Lipinski definition) is 3. The van der Waals surface area contributed by atoms with Crippen molar-refractivity contribution < 1.29 is 20.1 Å². The zero-order valence-corrected chi connectivity index (χ0v) is 20.2. The molecule has 0 saturated heterocycles. The molecule has 4 heteroatoms. The molecule has 3 N–H and O–H groups in total. The molecular formula is C28H56O4. The van der Waals surface area contributed by atoms with E-state index < -0.39 is 5.79 Å². The van der Waals surface area contributed by atoms with Gasteiger partial charge in [0.25, 0.3) is 6.47 Å². The van der Waals surface area contributed by atoms with Gasteiger partial charge in [0.1, 0.15) is 0 Å². The molecule has 32 heavy (non-hydrogen) atoms. The lowest BCUT2D eigenvalue weighted by atomic mass is 9.44. The van der Waals surface area contributed by atoms with Crippen LogP contribution >= 0.6 is 0 Å². The van der Waals surface area contributed by atoms with E-state index in [1.807, 2.05) is 13.8 Å². The first-order chi connectivity index (χ1) is 14.2. The smallest absolute Gasteiger partial charge is 0.290 e. The number of fused-ring (bicyclic) bond motifs is 5. The summed E-state index contributed by atoms with van der Waals surface area (Å²) in [5.41, 5.74) is 0.623. The first-order valence-corrected chi connectivity index (χ1v) is 12.8. The van der Waals surface area contributed by atoms with Crippen molar-refractivity contribution in [2.45, 2.75) is 132 Å². The molecule has 7 atom stereocenters. The van der Waals surface area contributed by atoms with Crippen molar-refractivity contribution in [2.24, 2.45) is 40.4 Å². The molecule has 4 nitrogen and oxygen atoms in total. The summed E-state index contributed by atoms with van der Waals surface area (Å²) >= 11 is 0. The molecular weight excluding hydrogens is 400 g/mol. The predicted octanol–water partition coefficient (Wildman–Crippen LogP) is 7.52. The molecule has 0 amide bonds. The minimum Gasteiger partial charge on any atom is -0.483 e. The van der Waals surface area contributed by atoms with Crippen LogP contribution in [0.2, 0.25) is 0 Å². The van der Waals surface area contributed by atoms with Gasteiger partial charge in [0.2, 0.25) is 0 Å². The van der Waals surface area contributed by atoms with Gasteiger partial charge in [-0.2, -0.15) is 0 Å². The lowest BCUT2D eigenvalue weighted by Gasteiger charge is -2.61. The van der Waals surface area contributed by atoms with Gasteiger partial charge in [-0.1, -0.05) is 75.2 Å². The summed E-state index contributed by atoms with van der Waals surface area (Å²) in [6, 6.07) is 0. The van der Waals surface area contributed by atoms with E-state index in [4.69, 9.17) is 9.90 Å². The fraction of sp³-hybridized carbons (Fsp3) is 0.964. The van der Waals surface area contributed by atoms with E-state index in [0.717, 1.165) is 11.8 Å². The second-order valence-electron chi connectivity index (χ2n) is 10.8. The maximum Gasteiger partial charge on any atom is 0.290 e. The Labute approximate surface area is 199 Å². The van der Waals surface area contributed by atoms with Gasteiger partial charge in [0, 0.05) is 12.3 Å². The summed E-state index contributed by atoms with van der Waals surface area (Å²) < 4.78 is 0. The van der Waals surface area contributed by atoms with Gasteiger partial charge in [-0.05, 0) is 79.4 Å². The van der Waals surface area contributed by atoms with E-state index in [1.165, 1.54) is 70.6 Å².